The largest absolute Gasteiger partial charge is 0.395 e. The zero-order valence-electron chi connectivity index (χ0n) is 8.52. The summed E-state index contributed by atoms with van der Waals surface area (Å²) in [4.78, 5) is 10.6. The van der Waals surface area contributed by atoms with Crippen molar-refractivity contribution in [3.63, 3.8) is 0 Å². The van der Waals surface area contributed by atoms with Crippen molar-refractivity contribution >= 4 is 5.91 Å². The molecule has 0 saturated carbocycles. The predicted octanol–water partition coefficient (Wildman–Crippen LogP) is -0.335. The highest BCUT2D eigenvalue weighted by Crippen LogP contribution is 2.02. The Balaban J connectivity index is 2.43. The summed E-state index contributed by atoms with van der Waals surface area (Å²) in [7, 11) is 0. The molecule has 0 bridgehead atoms. The van der Waals surface area contributed by atoms with Gasteiger partial charge in [-0.05, 0) is 12.0 Å². The van der Waals surface area contributed by atoms with Crippen LogP contribution in [-0.4, -0.2) is 30.2 Å². The molecule has 82 valence electrons. The average molecular weight is 208 g/mol. The van der Waals surface area contributed by atoms with Gasteiger partial charge in [0.2, 0.25) is 5.91 Å². The van der Waals surface area contributed by atoms with Gasteiger partial charge in [-0.2, -0.15) is 0 Å². The van der Waals surface area contributed by atoms with Crippen molar-refractivity contribution in [3.05, 3.63) is 35.9 Å². The molecule has 1 aromatic rings. The van der Waals surface area contributed by atoms with Crippen molar-refractivity contribution in [2.75, 3.05) is 13.2 Å². The Labute approximate surface area is 89.1 Å². The summed E-state index contributed by atoms with van der Waals surface area (Å²) in [5.41, 5.74) is 6.12. The Hall–Kier alpha value is -1.39. The summed E-state index contributed by atoms with van der Waals surface area (Å²) in [6.45, 7) is 0.0836. The summed E-state index contributed by atoms with van der Waals surface area (Å²) in [5, 5.41) is 12.0. The Morgan fingerprint density at radius 3 is 2.60 bits per heavy atom. The van der Waals surface area contributed by atoms with Crippen LogP contribution < -0.4 is 11.1 Å². The first kappa shape index (κ1) is 11.7. The van der Waals surface area contributed by atoms with Crippen LogP contribution in [0.5, 0.6) is 0 Å². The molecule has 1 amide bonds. The van der Waals surface area contributed by atoms with Crippen molar-refractivity contribution in [1.29, 1.82) is 0 Å². The number of amides is 1. The minimum atomic E-state index is -0.415. The monoisotopic (exact) mass is 208 g/mol. The summed E-state index contributed by atoms with van der Waals surface area (Å²) >= 11 is 0. The van der Waals surface area contributed by atoms with Gasteiger partial charge in [-0.25, -0.2) is 0 Å². The Bertz CT molecular complexity index is 301. The molecule has 15 heavy (non-hydrogen) atoms. The molecule has 1 rings (SSSR count). The van der Waals surface area contributed by atoms with Crippen LogP contribution in [0.2, 0.25) is 0 Å². The number of rotatable bonds is 6. The quantitative estimate of drug-likeness (QED) is 0.599. The Kier molecular flexibility index (Phi) is 4.80. The van der Waals surface area contributed by atoms with Crippen LogP contribution in [-0.2, 0) is 11.2 Å². The van der Waals surface area contributed by atoms with E-state index in [0.717, 1.165) is 5.56 Å². The predicted molar refractivity (Wildman–Crippen MR) is 58.2 cm³/mol. The molecular formula is C11H16N2O2. The first-order chi connectivity index (χ1) is 7.22. The smallest absolute Gasteiger partial charge is 0.231 e. The van der Waals surface area contributed by atoms with E-state index in [1.54, 1.807) is 0 Å². The minimum Gasteiger partial charge on any atom is -0.395 e. The maximum atomic E-state index is 10.6. The van der Waals surface area contributed by atoms with E-state index in [4.69, 9.17) is 10.8 Å². The lowest BCUT2D eigenvalue weighted by molar-refractivity contribution is -0.117. The Morgan fingerprint density at radius 2 is 2.07 bits per heavy atom. The van der Waals surface area contributed by atoms with Crippen LogP contribution in [0.1, 0.15) is 5.56 Å². The molecule has 0 aromatic heterocycles. The molecule has 0 fully saturated rings. The van der Waals surface area contributed by atoms with E-state index in [1.807, 2.05) is 30.3 Å². The van der Waals surface area contributed by atoms with E-state index in [0.29, 0.717) is 6.42 Å². The summed E-state index contributed by atoms with van der Waals surface area (Å²) < 4.78 is 0. The highest BCUT2D eigenvalue weighted by Gasteiger charge is 2.08. The molecule has 0 aliphatic carbocycles. The molecule has 4 N–H and O–H groups in total. The van der Waals surface area contributed by atoms with Crippen LogP contribution in [0, 0.1) is 0 Å². The van der Waals surface area contributed by atoms with Crippen molar-refractivity contribution in [2.24, 2.45) is 5.73 Å². The third-order valence-electron chi connectivity index (χ3n) is 2.11. The van der Waals surface area contributed by atoms with Crippen LogP contribution >= 0.6 is 0 Å². The van der Waals surface area contributed by atoms with Gasteiger partial charge in [0.25, 0.3) is 0 Å². The number of hydrogen-bond acceptors (Lipinski definition) is 3. The number of aliphatic hydroxyl groups excluding tert-OH is 1. The first-order valence-corrected chi connectivity index (χ1v) is 4.89. The highest BCUT2D eigenvalue weighted by atomic mass is 16.3. The van der Waals surface area contributed by atoms with E-state index >= 15 is 0 Å². The maximum Gasteiger partial charge on any atom is 0.231 e. The van der Waals surface area contributed by atoms with Crippen molar-refractivity contribution in [2.45, 2.75) is 12.5 Å². The van der Waals surface area contributed by atoms with Crippen molar-refractivity contribution in [1.82, 2.24) is 5.32 Å². The van der Waals surface area contributed by atoms with Gasteiger partial charge in [0.05, 0.1) is 13.2 Å². The molecule has 1 aromatic carbocycles. The molecule has 0 radical (unpaired) electrons. The second kappa shape index (κ2) is 6.16. The van der Waals surface area contributed by atoms with Gasteiger partial charge in [-0.3, -0.25) is 4.79 Å². The summed E-state index contributed by atoms with van der Waals surface area (Å²) in [6, 6.07) is 9.66. The lowest BCUT2D eigenvalue weighted by Gasteiger charge is -2.14. The van der Waals surface area contributed by atoms with E-state index in [9.17, 15) is 4.79 Å². The van der Waals surface area contributed by atoms with E-state index in [2.05, 4.69) is 5.32 Å². The third-order valence-corrected chi connectivity index (χ3v) is 2.11. The molecular weight excluding hydrogens is 192 g/mol. The second-order valence-electron chi connectivity index (χ2n) is 3.42. The fourth-order valence-electron chi connectivity index (χ4n) is 1.34. The number of primary amides is 1. The molecule has 0 aliphatic rings. The van der Waals surface area contributed by atoms with Crippen LogP contribution in [0.25, 0.3) is 0 Å². The highest BCUT2D eigenvalue weighted by molar-refractivity contribution is 5.75. The first-order valence-electron chi connectivity index (χ1n) is 4.89. The van der Waals surface area contributed by atoms with Gasteiger partial charge in [0.1, 0.15) is 0 Å². The number of hydrogen-bond donors (Lipinski definition) is 3. The fourth-order valence-corrected chi connectivity index (χ4v) is 1.34. The van der Waals surface area contributed by atoms with E-state index in [-0.39, 0.29) is 19.2 Å². The third kappa shape index (κ3) is 4.58. The molecule has 0 saturated heterocycles. The van der Waals surface area contributed by atoms with E-state index < -0.39 is 5.91 Å². The number of nitrogens with one attached hydrogen (secondary N) is 1. The SMILES string of the molecule is NC(=O)CNC(CO)Cc1ccccc1. The number of benzene rings is 1. The molecule has 4 heteroatoms. The van der Waals surface area contributed by atoms with Crippen LogP contribution in [0.15, 0.2) is 30.3 Å². The van der Waals surface area contributed by atoms with Crippen molar-refractivity contribution in [3.8, 4) is 0 Å². The lowest BCUT2D eigenvalue weighted by Crippen LogP contribution is -2.40. The zero-order chi connectivity index (χ0) is 11.1. The number of carbonyl (C=O) groups is 1. The van der Waals surface area contributed by atoms with Gasteiger partial charge in [-0.15, -0.1) is 0 Å². The van der Waals surface area contributed by atoms with E-state index in [1.165, 1.54) is 0 Å². The van der Waals surface area contributed by atoms with Gasteiger partial charge >= 0.3 is 0 Å². The van der Waals surface area contributed by atoms with Gasteiger partial charge < -0.3 is 16.2 Å². The zero-order valence-corrected chi connectivity index (χ0v) is 8.52. The summed E-state index contributed by atoms with van der Waals surface area (Å²) in [5.74, 6) is -0.415. The molecule has 1 atom stereocenters. The average Bonchev–Trinajstić information content (AvgIpc) is 2.25. The number of carbonyl (C=O) groups excluding carboxylic acids is 1. The van der Waals surface area contributed by atoms with Crippen LogP contribution in [0.4, 0.5) is 0 Å². The van der Waals surface area contributed by atoms with Gasteiger partial charge in [0.15, 0.2) is 0 Å². The molecule has 4 nitrogen and oxygen atoms in total. The summed E-state index contributed by atoms with van der Waals surface area (Å²) in [6.07, 6.45) is 0.685. The minimum absolute atomic E-state index is 0.0117. The number of aliphatic hydroxyl groups is 1. The standard InChI is InChI=1S/C11H16N2O2/c12-11(15)7-13-10(8-14)6-9-4-2-1-3-5-9/h1-5,10,13-14H,6-8H2,(H2,12,15). The number of nitrogens with two attached hydrogens (primary N) is 1. The molecule has 0 spiro atoms. The lowest BCUT2D eigenvalue weighted by atomic mass is 10.1. The topological polar surface area (TPSA) is 75.4 Å². The molecule has 1 unspecified atom stereocenters. The molecule has 0 aliphatic heterocycles. The fraction of sp³-hybridized carbons (Fsp3) is 0.364. The Morgan fingerprint density at radius 1 is 1.40 bits per heavy atom. The van der Waals surface area contributed by atoms with Gasteiger partial charge in [0, 0.05) is 6.04 Å². The second-order valence-corrected chi connectivity index (χ2v) is 3.42. The van der Waals surface area contributed by atoms with Crippen LogP contribution in [0.3, 0.4) is 0 Å². The molecule has 0 heterocycles. The van der Waals surface area contributed by atoms with Crippen molar-refractivity contribution < 1.29 is 9.90 Å². The van der Waals surface area contributed by atoms with Gasteiger partial charge in [-0.1, -0.05) is 30.3 Å². The normalized spacial score (nSPS) is 12.3. The maximum absolute atomic E-state index is 10.6.